The monoisotopic (exact) mass is 321 g/mol. The summed E-state index contributed by atoms with van der Waals surface area (Å²) in [5, 5.41) is 0. The highest BCUT2D eigenvalue weighted by Crippen LogP contribution is 2.36. The van der Waals surface area contributed by atoms with Crippen molar-refractivity contribution in [2.45, 2.75) is 25.5 Å². The summed E-state index contributed by atoms with van der Waals surface area (Å²) in [5.41, 5.74) is 7.52. The third-order valence-electron chi connectivity index (χ3n) is 2.55. The Labute approximate surface area is 102 Å². The molecule has 1 unspecified atom stereocenters. The lowest BCUT2D eigenvalue weighted by Gasteiger charge is -2.12. The molecule has 1 aliphatic rings. The molecule has 1 aliphatic heterocycles. The fourth-order valence-corrected chi connectivity index (χ4v) is 2.34. The lowest BCUT2D eigenvalue weighted by molar-refractivity contribution is 0.259. The summed E-state index contributed by atoms with van der Waals surface area (Å²) in [5.74, 6) is 0.576. The van der Waals surface area contributed by atoms with Crippen LogP contribution in [0.25, 0.3) is 0 Å². The molecular weight excluding hydrogens is 308 g/mol. The van der Waals surface area contributed by atoms with Crippen LogP contribution in [-0.2, 0) is 6.42 Å². The summed E-state index contributed by atoms with van der Waals surface area (Å²) in [6.07, 6.45) is 0.954. The van der Waals surface area contributed by atoms with Gasteiger partial charge in [0.1, 0.15) is 17.7 Å². The second-order valence-corrected chi connectivity index (χ2v) is 4.75. The molecule has 1 heterocycles. The fraction of sp³-hybridized carbons (Fsp3) is 0.455. The van der Waals surface area contributed by atoms with E-state index in [1.807, 2.05) is 6.92 Å². The normalized spacial score (nSPS) is 20.9. The maximum atomic E-state index is 13.3. The topological polar surface area (TPSA) is 35.2 Å². The Hall–Kier alpha value is -0.360. The van der Waals surface area contributed by atoms with E-state index >= 15 is 0 Å². The van der Waals surface area contributed by atoms with Crippen LogP contribution in [0.2, 0.25) is 0 Å². The first kappa shape index (κ1) is 11.1. The zero-order chi connectivity index (χ0) is 11.0. The van der Waals surface area contributed by atoms with Crippen LogP contribution in [0.15, 0.2) is 12.1 Å². The number of alkyl halides is 1. The van der Waals surface area contributed by atoms with Crippen LogP contribution in [0, 0.1) is 5.82 Å². The molecule has 0 aromatic heterocycles. The largest absolute Gasteiger partial charge is 0.489 e. The average molecular weight is 321 g/mol. The van der Waals surface area contributed by atoms with Crippen LogP contribution in [0.4, 0.5) is 4.39 Å². The molecule has 1 aromatic carbocycles. The van der Waals surface area contributed by atoms with Crippen LogP contribution in [-0.4, -0.2) is 10.5 Å². The minimum atomic E-state index is -0.223. The van der Waals surface area contributed by atoms with Crippen molar-refractivity contribution in [3.8, 4) is 5.75 Å². The lowest BCUT2D eigenvalue weighted by Crippen LogP contribution is -2.14. The summed E-state index contributed by atoms with van der Waals surface area (Å²) < 4.78 is 20.0. The van der Waals surface area contributed by atoms with Crippen LogP contribution in [0.5, 0.6) is 5.75 Å². The van der Waals surface area contributed by atoms with Gasteiger partial charge in [-0.15, -0.1) is 0 Å². The third kappa shape index (κ3) is 2.10. The van der Waals surface area contributed by atoms with Crippen LogP contribution >= 0.6 is 22.6 Å². The Morgan fingerprint density at radius 3 is 3.00 bits per heavy atom. The van der Waals surface area contributed by atoms with Crippen molar-refractivity contribution >= 4 is 22.6 Å². The molecule has 2 nitrogen and oxygen atoms in total. The Morgan fingerprint density at radius 2 is 2.40 bits per heavy atom. The van der Waals surface area contributed by atoms with Crippen LogP contribution in [0.1, 0.15) is 24.1 Å². The number of fused-ring (bicyclic) bond motifs is 1. The SMILES string of the molecule is C[C@@H](N)c1cc(F)cc2c1OC(CI)C2. The fourth-order valence-electron chi connectivity index (χ4n) is 1.85. The third-order valence-corrected chi connectivity index (χ3v) is 3.54. The van der Waals surface area contributed by atoms with Crippen molar-refractivity contribution in [2.24, 2.45) is 5.73 Å². The van der Waals surface area contributed by atoms with Gasteiger partial charge in [0.25, 0.3) is 0 Å². The maximum absolute atomic E-state index is 13.3. The van der Waals surface area contributed by atoms with Gasteiger partial charge in [-0.2, -0.15) is 0 Å². The molecule has 82 valence electrons. The lowest BCUT2D eigenvalue weighted by atomic mass is 10.0. The molecule has 1 aromatic rings. The van der Waals surface area contributed by atoms with Gasteiger partial charge in [0, 0.05) is 28.0 Å². The van der Waals surface area contributed by atoms with Crippen molar-refractivity contribution in [2.75, 3.05) is 4.43 Å². The van der Waals surface area contributed by atoms with E-state index in [0.29, 0.717) is 0 Å². The predicted octanol–water partition coefficient (Wildman–Crippen LogP) is 2.58. The highest BCUT2D eigenvalue weighted by Gasteiger charge is 2.26. The predicted molar refractivity (Wildman–Crippen MR) is 66.0 cm³/mol. The number of nitrogens with two attached hydrogens (primary N) is 1. The Kier molecular flexibility index (Phi) is 3.16. The van der Waals surface area contributed by atoms with Gasteiger partial charge < -0.3 is 10.5 Å². The number of hydrogen-bond acceptors (Lipinski definition) is 2. The minimum absolute atomic E-state index is 0.167. The molecule has 0 saturated carbocycles. The summed E-state index contributed by atoms with van der Waals surface area (Å²) >= 11 is 2.28. The number of hydrogen-bond donors (Lipinski definition) is 1. The summed E-state index contributed by atoms with van der Waals surface area (Å²) in [7, 11) is 0. The number of benzene rings is 1. The quantitative estimate of drug-likeness (QED) is 0.671. The van der Waals surface area contributed by atoms with Crippen LogP contribution in [0.3, 0.4) is 0 Å². The molecule has 2 N–H and O–H groups in total. The summed E-state index contributed by atoms with van der Waals surface area (Å²) in [6.45, 7) is 1.84. The molecule has 4 heteroatoms. The van der Waals surface area contributed by atoms with E-state index in [9.17, 15) is 4.39 Å². The number of rotatable bonds is 2. The van der Waals surface area contributed by atoms with Crippen molar-refractivity contribution in [3.63, 3.8) is 0 Å². The first-order chi connectivity index (χ1) is 7.11. The number of ether oxygens (including phenoxy) is 1. The Bertz CT molecular complexity index is 381. The minimum Gasteiger partial charge on any atom is -0.489 e. The van der Waals surface area contributed by atoms with Crippen molar-refractivity contribution in [1.29, 1.82) is 0 Å². The molecule has 0 fully saturated rings. The summed E-state index contributed by atoms with van der Waals surface area (Å²) in [4.78, 5) is 0. The van der Waals surface area contributed by atoms with Gasteiger partial charge >= 0.3 is 0 Å². The molecule has 2 atom stereocenters. The molecule has 0 amide bonds. The van der Waals surface area contributed by atoms with E-state index < -0.39 is 0 Å². The zero-order valence-corrected chi connectivity index (χ0v) is 10.6. The molecule has 2 rings (SSSR count). The van der Waals surface area contributed by atoms with Gasteiger partial charge in [0.2, 0.25) is 0 Å². The standard InChI is InChI=1S/C11H13FINO/c1-6(14)10-4-8(12)2-7-3-9(5-13)15-11(7)10/h2,4,6,9H,3,5,14H2,1H3/t6-,9?/m1/s1. The van der Waals surface area contributed by atoms with Crippen molar-refractivity contribution < 1.29 is 9.13 Å². The number of halogens is 2. The van der Waals surface area contributed by atoms with Gasteiger partial charge in [-0.05, 0) is 19.1 Å². The molecule has 0 aliphatic carbocycles. The van der Waals surface area contributed by atoms with Crippen molar-refractivity contribution in [1.82, 2.24) is 0 Å². The highest BCUT2D eigenvalue weighted by atomic mass is 127. The molecular formula is C11H13FINO. The smallest absolute Gasteiger partial charge is 0.128 e. The molecule has 0 spiro atoms. The summed E-state index contributed by atoms with van der Waals surface area (Å²) in [6, 6.07) is 2.83. The van der Waals surface area contributed by atoms with E-state index in [0.717, 1.165) is 27.7 Å². The maximum Gasteiger partial charge on any atom is 0.128 e. The second-order valence-electron chi connectivity index (χ2n) is 3.87. The molecule has 15 heavy (non-hydrogen) atoms. The van der Waals surface area contributed by atoms with Gasteiger partial charge in [-0.25, -0.2) is 4.39 Å². The first-order valence-electron chi connectivity index (χ1n) is 4.92. The molecule has 0 saturated heterocycles. The highest BCUT2D eigenvalue weighted by molar-refractivity contribution is 14.1. The van der Waals surface area contributed by atoms with E-state index in [-0.39, 0.29) is 18.0 Å². The average Bonchev–Trinajstić information content (AvgIpc) is 2.58. The molecule has 0 radical (unpaired) electrons. The van der Waals surface area contributed by atoms with Gasteiger partial charge in [0.15, 0.2) is 0 Å². The Balaban J connectivity index is 2.43. The zero-order valence-electron chi connectivity index (χ0n) is 8.47. The van der Waals surface area contributed by atoms with Crippen LogP contribution < -0.4 is 10.5 Å². The first-order valence-corrected chi connectivity index (χ1v) is 6.45. The van der Waals surface area contributed by atoms with E-state index in [4.69, 9.17) is 10.5 Å². The van der Waals surface area contributed by atoms with E-state index in [1.54, 1.807) is 6.07 Å². The van der Waals surface area contributed by atoms with Crippen molar-refractivity contribution in [3.05, 3.63) is 29.1 Å². The van der Waals surface area contributed by atoms with Gasteiger partial charge in [0.05, 0.1) is 0 Å². The second kappa shape index (κ2) is 4.25. The van der Waals surface area contributed by atoms with Gasteiger partial charge in [-0.3, -0.25) is 0 Å². The van der Waals surface area contributed by atoms with E-state index in [2.05, 4.69) is 22.6 Å². The Morgan fingerprint density at radius 1 is 1.67 bits per heavy atom. The molecule has 0 bridgehead atoms. The van der Waals surface area contributed by atoms with Gasteiger partial charge in [-0.1, -0.05) is 22.6 Å². The van der Waals surface area contributed by atoms with E-state index in [1.165, 1.54) is 6.07 Å².